The molecular formula is C25H28FN3O6. The molecule has 9 nitrogen and oxygen atoms in total. The highest BCUT2D eigenvalue weighted by Gasteiger charge is 2.35. The lowest BCUT2D eigenvalue weighted by Crippen LogP contribution is -2.61. The van der Waals surface area contributed by atoms with Gasteiger partial charge < -0.3 is 24.7 Å². The van der Waals surface area contributed by atoms with Gasteiger partial charge in [0.2, 0.25) is 0 Å². The third-order valence-corrected chi connectivity index (χ3v) is 5.50. The van der Waals surface area contributed by atoms with Crippen LogP contribution in [-0.2, 0) is 16.1 Å². The van der Waals surface area contributed by atoms with Gasteiger partial charge in [-0.3, -0.25) is 4.90 Å². The van der Waals surface area contributed by atoms with Crippen molar-refractivity contribution in [3.8, 4) is 5.75 Å². The third kappa shape index (κ3) is 8.42. The molecule has 2 aliphatic heterocycles. The minimum atomic E-state index is -1.26. The highest BCUT2D eigenvalue weighted by molar-refractivity contribution is 5.89. The summed E-state index contributed by atoms with van der Waals surface area (Å²) in [5.41, 5.74) is 1.31. The maximum Gasteiger partial charge on any atom is 0.328 e. The van der Waals surface area contributed by atoms with Crippen molar-refractivity contribution in [3.63, 3.8) is 0 Å². The van der Waals surface area contributed by atoms with Crippen molar-refractivity contribution in [1.82, 2.24) is 14.7 Å². The van der Waals surface area contributed by atoms with Crippen molar-refractivity contribution >= 4 is 18.0 Å². The quantitative estimate of drug-likeness (QED) is 0.605. The van der Waals surface area contributed by atoms with Crippen LogP contribution in [0.15, 0.2) is 66.7 Å². The number of likely N-dealkylation sites (tertiary alicyclic amines) is 1. The van der Waals surface area contributed by atoms with E-state index in [0.29, 0.717) is 31.0 Å². The minimum Gasteiger partial charge on any atom is -0.487 e. The Morgan fingerprint density at radius 3 is 1.97 bits per heavy atom. The van der Waals surface area contributed by atoms with Gasteiger partial charge in [0.25, 0.3) is 0 Å². The molecule has 2 amide bonds. The first-order valence-corrected chi connectivity index (χ1v) is 11.2. The lowest BCUT2D eigenvalue weighted by Gasteiger charge is -2.43. The van der Waals surface area contributed by atoms with Crippen LogP contribution in [0.1, 0.15) is 5.56 Å². The monoisotopic (exact) mass is 485 g/mol. The van der Waals surface area contributed by atoms with Gasteiger partial charge in [0, 0.05) is 44.9 Å². The largest absolute Gasteiger partial charge is 0.487 e. The van der Waals surface area contributed by atoms with E-state index in [-0.39, 0.29) is 18.0 Å². The second kappa shape index (κ2) is 12.5. The summed E-state index contributed by atoms with van der Waals surface area (Å²) in [5, 5.41) is 15.6. The number of halogens is 1. The Morgan fingerprint density at radius 2 is 1.43 bits per heavy atom. The van der Waals surface area contributed by atoms with Gasteiger partial charge in [0.1, 0.15) is 17.7 Å². The van der Waals surface area contributed by atoms with Crippen LogP contribution in [0.25, 0.3) is 0 Å². The zero-order valence-electron chi connectivity index (χ0n) is 19.1. The molecular weight excluding hydrogens is 457 g/mol. The van der Waals surface area contributed by atoms with E-state index >= 15 is 0 Å². The van der Waals surface area contributed by atoms with E-state index < -0.39 is 11.9 Å². The van der Waals surface area contributed by atoms with E-state index in [4.69, 9.17) is 14.9 Å². The minimum absolute atomic E-state index is 0.0150. The smallest absolute Gasteiger partial charge is 0.328 e. The van der Waals surface area contributed by atoms with Crippen LogP contribution in [0.5, 0.6) is 5.75 Å². The zero-order valence-corrected chi connectivity index (χ0v) is 19.1. The molecule has 0 spiro atoms. The van der Waals surface area contributed by atoms with Crippen molar-refractivity contribution in [1.29, 1.82) is 0 Å². The standard InChI is InChI=1S/C21H24FN3O2.C4H4O4/c22-18-6-8-19(9-7-18)27-20-15-25(16-20)21(26)24-12-10-23(11-13-24)14-17-4-2-1-3-5-17;5-3(6)1-2-4(7)8/h1-9,20H,10-16H2;1-2H,(H,5,6)(H,7,8)/b;2-1+. The molecule has 2 aromatic rings. The Labute approximate surface area is 202 Å². The first-order chi connectivity index (χ1) is 16.8. The van der Waals surface area contributed by atoms with E-state index in [1.807, 2.05) is 15.9 Å². The summed E-state index contributed by atoms with van der Waals surface area (Å²) in [6.45, 7) is 5.40. The number of ether oxygens (including phenoxy) is 1. The number of benzene rings is 2. The number of piperazine rings is 1. The molecule has 0 aliphatic carbocycles. The molecule has 0 bridgehead atoms. The average Bonchev–Trinajstić information content (AvgIpc) is 2.82. The van der Waals surface area contributed by atoms with E-state index in [0.717, 1.165) is 32.7 Å². The summed E-state index contributed by atoms with van der Waals surface area (Å²) >= 11 is 0. The number of carbonyl (C=O) groups is 3. The van der Waals surface area contributed by atoms with Gasteiger partial charge in [-0.1, -0.05) is 30.3 Å². The van der Waals surface area contributed by atoms with Crippen LogP contribution in [0, 0.1) is 5.82 Å². The number of rotatable bonds is 6. The lowest BCUT2D eigenvalue weighted by molar-refractivity contribution is -0.134. The number of amides is 2. The molecule has 0 saturated carbocycles. The Bertz CT molecular complexity index is 1000. The maximum atomic E-state index is 12.9. The van der Waals surface area contributed by atoms with Crippen LogP contribution in [0.4, 0.5) is 9.18 Å². The second-order valence-corrected chi connectivity index (χ2v) is 8.14. The average molecular weight is 486 g/mol. The third-order valence-electron chi connectivity index (χ3n) is 5.50. The number of carboxylic acids is 2. The summed E-state index contributed by atoms with van der Waals surface area (Å²) < 4.78 is 18.7. The van der Waals surface area contributed by atoms with E-state index in [1.54, 1.807) is 12.1 Å². The van der Waals surface area contributed by atoms with Gasteiger partial charge in [-0.25, -0.2) is 18.8 Å². The van der Waals surface area contributed by atoms with E-state index in [9.17, 15) is 18.8 Å². The van der Waals surface area contributed by atoms with Crippen LogP contribution in [-0.4, -0.2) is 88.3 Å². The first-order valence-electron chi connectivity index (χ1n) is 11.2. The molecule has 2 heterocycles. The predicted octanol–water partition coefficient (Wildman–Crippen LogP) is 2.54. The Morgan fingerprint density at radius 1 is 0.857 bits per heavy atom. The molecule has 0 radical (unpaired) electrons. The number of hydrogen-bond donors (Lipinski definition) is 2. The second-order valence-electron chi connectivity index (χ2n) is 8.14. The molecule has 0 aromatic heterocycles. The van der Waals surface area contributed by atoms with Gasteiger partial charge in [-0.2, -0.15) is 0 Å². The number of aliphatic carboxylic acids is 2. The van der Waals surface area contributed by atoms with Crippen LogP contribution < -0.4 is 4.74 Å². The molecule has 4 rings (SSSR count). The fraction of sp³-hybridized carbons (Fsp3) is 0.320. The van der Waals surface area contributed by atoms with Gasteiger partial charge in [-0.15, -0.1) is 0 Å². The van der Waals surface area contributed by atoms with Gasteiger partial charge in [0.15, 0.2) is 0 Å². The topological polar surface area (TPSA) is 111 Å². The van der Waals surface area contributed by atoms with Crippen molar-refractivity contribution in [2.45, 2.75) is 12.6 Å². The number of carbonyl (C=O) groups excluding carboxylic acids is 1. The molecule has 0 unspecified atom stereocenters. The van der Waals surface area contributed by atoms with Crippen molar-refractivity contribution in [2.75, 3.05) is 39.3 Å². The van der Waals surface area contributed by atoms with E-state index in [2.05, 4.69) is 29.2 Å². The molecule has 2 N–H and O–H groups in total. The van der Waals surface area contributed by atoms with Crippen molar-refractivity contribution in [2.24, 2.45) is 0 Å². The van der Waals surface area contributed by atoms with Crippen molar-refractivity contribution in [3.05, 3.63) is 78.1 Å². The fourth-order valence-corrected chi connectivity index (χ4v) is 3.66. The Balaban J connectivity index is 0.000000371. The SMILES string of the molecule is O=C(N1CCN(Cc2ccccc2)CC1)N1CC(Oc2ccc(F)cc2)C1.O=C(O)/C=C/C(=O)O. The number of urea groups is 1. The van der Waals surface area contributed by atoms with Crippen LogP contribution in [0.3, 0.4) is 0 Å². The molecule has 0 atom stereocenters. The number of carboxylic acid groups (broad SMARTS) is 2. The molecule has 186 valence electrons. The summed E-state index contributed by atoms with van der Waals surface area (Å²) in [4.78, 5) is 37.9. The van der Waals surface area contributed by atoms with Gasteiger partial charge in [-0.05, 0) is 29.8 Å². The molecule has 2 aliphatic rings. The highest BCUT2D eigenvalue weighted by atomic mass is 19.1. The zero-order chi connectivity index (χ0) is 25.2. The van der Waals surface area contributed by atoms with E-state index in [1.165, 1.54) is 17.7 Å². The summed E-state index contributed by atoms with van der Waals surface area (Å²) in [6, 6.07) is 16.5. The van der Waals surface area contributed by atoms with Crippen LogP contribution >= 0.6 is 0 Å². The predicted molar refractivity (Wildman–Crippen MR) is 125 cm³/mol. The summed E-state index contributed by atoms with van der Waals surface area (Å²) in [6.07, 6.45) is 1.10. The number of nitrogens with zero attached hydrogens (tertiary/aromatic N) is 3. The van der Waals surface area contributed by atoms with Gasteiger partial charge in [0.05, 0.1) is 13.1 Å². The summed E-state index contributed by atoms with van der Waals surface area (Å²) in [7, 11) is 0. The lowest BCUT2D eigenvalue weighted by atomic mass is 10.1. The Hall–Kier alpha value is -3.92. The van der Waals surface area contributed by atoms with Gasteiger partial charge >= 0.3 is 18.0 Å². The normalized spacial score (nSPS) is 16.3. The first kappa shape index (κ1) is 25.7. The molecule has 2 aromatic carbocycles. The molecule has 2 fully saturated rings. The number of hydrogen-bond acceptors (Lipinski definition) is 5. The molecule has 10 heteroatoms. The van der Waals surface area contributed by atoms with Crippen molar-refractivity contribution < 1.29 is 33.7 Å². The highest BCUT2D eigenvalue weighted by Crippen LogP contribution is 2.20. The fourth-order valence-electron chi connectivity index (χ4n) is 3.66. The molecule has 35 heavy (non-hydrogen) atoms. The molecule has 2 saturated heterocycles. The Kier molecular flexibility index (Phi) is 9.19. The maximum absolute atomic E-state index is 12.9. The summed E-state index contributed by atoms with van der Waals surface area (Å²) in [5.74, 6) is -2.15. The van der Waals surface area contributed by atoms with Crippen LogP contribution in [0.2, 0.25) is 0 Å².